The van der Waals surface area contributed by atoms with Crippen molar-refractivity contribution in [1.82, 2.24) is 25.2 Å². The van der Waals surface area contributed by atoms with E-state index >= 15 is 0 Å². The van der Waals surface area contributed by atoms with Crippen molar-refractivity contribution in [1.29, 1.82) is 0 Å². The van der Waals surface area contributed by atoms with Gasteiger partial charge in [0.15, 0.2) is 0 Å². The molecular formula is C13H9Cl2N5S. The summed E-state index contributed by atoms with van der Waals surface area (Å²) >= 11 is 13.3. The molecule has 0 atom stereocenters. The van der Waals surface area contributed by atoms with Crippen LogP contribution in [0.25, 0.3) is 5.69 Å². The van der Waals surface area contributed by atoms with Gasteiger partial charge in [-0.05, 0) is 34.2 Å². The summed E-state index contributed by atoms with van der Waals surface area (Å²) in [6, 6.07) is 13.3. The van der Waals surface area contributed by atoms with Gasteiger partial charge in [-0.3, -0.25) is 0 Å². The predicted octanol–water partition coefficient (Wildman–Crippen LogP) is 3.66. The third-order valence-corrected chi connectivity index (χ3v) is 4.20. The zero-order valence-corrected chi connectivity index (χ0v) is 13.0. The number of rotatable bonds is 4. The molecule has 3 rings (SSSR count). The van der Waals surface area contributed by atoms with Crippen molar-refractivity contribution in [2.75, 3.05) is 0 Å². The van der Waals surface area contributed by atoms with Gasteiger partial charge in [0.25, 0.3) is 0 Å². The predicted molar refractivity (Wildman–Crippen MR) is 83.0 cm³/mol. The van der Waals surface area contributed by atoms with E-state index in [2.05, 4.69) is 20.5 Å². The molecule has 0 radical (unpaired) electrons. The van der Waals surface area contributed by atoms with E-state index in [1.54, 1.807) is 10.7 Å². The maximum Gasteiger partial charge on any atom is 0.214 e. The molecule has 5 nitrogen and oxygen atoms in total. The minimum Gasteiger partial charge on any atom is -0.224 e. The maximum absolute atomic E-state index is 6.06. The summed E-state index contributed by atoms with van der Waals surface area (Å²) in [5.74, 6) is 0.607. The van der Waals surface area contributed by atoms with Crippen molar-refractivity contribution in [2.24, 2.45) is 0 Å². The first-order valence-electron chi connectivity index (χ1n) is 6.01. The molecule has 0 fully saturated rings. The molecule has 21 heavy (non-hydrogen) atoms. The summed E-state index contributed by atoms with van der Waals surface area (Å²) in [5.41, 5.74) is 1.79. The van der Waals surface area contributed by atoms with Gasteiger partial charge in [-0.25, -0.2) is 4.98 Å². The van der Waals surface area contributed by atoms with Crippen LogP contribution < -0.4 is 0 Å². The first kappa shape index (κ1) is 14.3. The molecule has 1 aromatic carbocycles. The molecule has 0 amide bonds. The van der Waals surface area contributed by atoms with Crippen LogP contribution in [0.4, 0.5) is 0 Å². The number of para-hydroxylation sites is 1. The highest BCUT2D eigenvalue weighted by molar-refractivity contribution is 7.98. The topological polar surface area (TPSA) is 56.5 Å². The van der Waals surface area contributed by atoms with E-state index in [9.17, 15) is 0 Å². The average molecular weight is 338 g/mol. The van der Waals surface area contributed by atoms with Crippen LogP contribution in [0, 0.1) is 0 Å². The minimum atomic E-state index is 0.378. The summed E-state index contributed by atoms with van der Waals surface area (Å²) in [6.45, 7) is 0. The molecule has 0 saturated heterocycles. The number of aromatic nitrogens is 5. The summed E-state index contributed by atoms with van der Waals surface area (Å²) in [5, 5.41) is 13.2. The molecule has 2 aromatic heterocycles. The van der Waals surface area contributed by atoms with Crippen molar-refractivity contribution in [2.45, 2.75) is 10.9 Å². The third-order valence-electron chi connectivity index (χ3n) is 2.69. The van der Waals surface area contributed by atoms with E-state index in [4.69, 9.17) is 23.2 Å². The number of benzene rings is 1. The second-order valence-electron chi connectivity index (χ2n) is 4.08. The summed E-state index contributed by atoms with van der Waals surface area (Å²) in [4.78, 5) is 4.01. The molecule has 106 valence electrons. The van der Waals surface area contributed by atoms with E-state index in [0.29, 0.717) is 21.2 Å². The highest BCUT2D eigenvalue weighted by Crippen LogP contribution is 2.26. The molecule has 2 heterocycles. The van der Waals surface area contributed by atoms with Crippen molar-refractivity contribution < 1.29 is 0 Å². The molecule has 0 bridgehead atoms. The van der Waals surface area contributed by atoms with E-state index in [1.807, 2.05) is 36.4 Å². The zero-order chi connectivity index (χ0) is 14.7. The highest BCUT2D eigenvalue weighted by Gasteiger charge is 2.10. The molecule has 0 aliphatic carbocycles. The van der Waals surface area contributed by atoms with Crippen LogP contribution >= 0.6 is 35.0 Å². The van der Waals surface area contributed by atoms with E-state index in [0.717, 1.165) is 11.3 Å². The van der Waals surface area contributed by atoms with E-state index in [-0.39, 0.29) is 0 Å². The van der Waals surface area contributed by atoms with Crippen LogP contribution in [-0.2, 0) is 5.75 Å². The Balaban J connectivity index is 1.79. The molecule has 0 saturated carbocycles. The van der Waals surface area contributed by atoms with Crippen LogP contribution in [-0.4, -0.2) is 25.2 Å². The third kappa shape index (κ3) is 3.34. The molecule has 0 spiro atoms. The van der Waals surface area contributed by atoms with Crippen LogP contribution in [0.15, 0.2) is 47.6 Å². The standard InChI is InChI=1S/C13H9Cl2N5S/c14-11-7-6-9(12(15)16-11)8-21-13-17-18-19-20(13)10-4-2-1-3-5-10/h1-7H,8H2. The van der Waals surface area contributed by atoms with Crippen molar-refractivity contribution in [3.8, 4) is 5.69 Å². The Labute approximate surface area is 135 Å². The van der Waals surface area contributed by atoms with Crippen molar-refractivity contribution in [3.63, 3.8) is 0 Å². The number of hydrogen-bond donors (Lipinski definition) is 0. The SMILES string of the molecule is Clc1ccc(CSc2nnnn2-c2ccccc2)c(Cl)n1. The number of nitrogens with zero attached hydrogens (tertiary/aromatic N) is 5. The lowest BCUT2D eigenvalue weighted by Crippen LogP contribution is -1.98. The number of halogens is 2. The number of hydrogen-bond acceptors (Lipinski definition) is 5. The Morgan fingerprint density at radius 3 is 2.62 bits per heavy atom. The Morgan fingerprint density at radius 1 is 1.05 bits per heavy atom. The van der Waals surface area contributed by atoms with Gasteiger partial charge in [0.05, 0.1) is 5.69 Å². The van der Waals surface area contributed by atoms with Gasteiger partial charge >= 0.3 is 0 Å². The second-order valence-corrected chi connectivity index (χ2v) is 5.77. The lowest BCUT2D eigenvalue weighted by molar-refractivity contribution is 0.756. The highest BCUT2D eigenvalue weighted by atomic mass is 35.5. The number of tetrazole rings is 1. The van der Waals surface area contributed by atoms with Gasteiger partial charge in [0.1, 0.15) is 10.3 Å². The fourth-order valence-electron chi connectivity index (χ4n) is 1.69. The van der Waals surface area contributed by atoms with Gasteiger partial charge in [-0.15, -0.1) is 5.10 Å². The quantitative estimate of drug-likeness (QED) is 0.537. The summed E-state index contributed by atoms with van der Waals surface area (Å²) < 4.78 is 1.68. The monoisotopic (exact) mass is 337 g/mol. The van der Waals surface area contributed by atoms with Crippen LogP contribution in [0.2, 0.25) is 10.3 Å². The largest absolute Gasteiger partial charge is 0.224 e. The van der Waals surface area contributed by atoms with Crippen LogP contribution in [0.3, 0.4) is 0 Å². The molecule has 0 aliphatic heterocycles. The van der Waals surface area contributed by atoms with Gasteiger partial charge in [-0.2, -0.15) is 4.68 Å². The van der Waals surface area contributed by atoms with E-state index < -0.39 is 0 Å². The smallest absolute Gasteiger partial charge is 0.214 e. The summed E-state index contributed by atoms with van der Waals surface area (Å²) in [6.07, 6.45) is 0. The molecule has 0 unspecified atom stereocenters. The molecule has 8 heteroatoms. The van der Waals surface area contributed by atoms with E-state index in [1.165, 1.54) is 11.8 Å². The average Bonchev–Trinajstić information content (AvgIpc) is 2.96. The van der Waals surface area contributed by atoms with Gasteiger partial charge in [0, 0.05) is 5.75 Å². The Bertz CT molecular complexity index is 747. The first-order valence-corrected chi connectivity index (χ1v) is 7.76. The lowest BCUT2D eigenvalue weighted by atomic mass is 10.3. The zero-order valence-electron chi connectivity index (χ0n) is 10.6. The molecule has 0 N–H and O–H groups in total. The maximum atomic E-state index is 6.06. The van der Waals surface area contributed by atoms with Crippen LogP contribution in [0.1, 0.15) is 5.56 Å². The normalized spacial score (nSPS) is 10.8. The fourth-order valence-corrected chi connectivity index (χ4v) is 3.06. The number of pyridine rings is 1. The Hall–Kier alpha value is -1.63. The molecule has 0 aliphatic rings. The van der Waals surface area contributed by atoms with Gasteiger partial charge < -0.3 is 0 Å². The van der Waals surface area contributed by atoms with Crippen molar-refractivity contribution >= 4 is 35.0 Å². The Kier molecular flexibility index (Phi) is 4.38. The molecule has 3 aromatic rings. The molecular weight excluding hydrogens is 329 g/mol. The number of thioether (sulfide) groups is 1. The van der Waals surface area contributed by atoms with Crippen LogP contribution in [0.5, 0.6) is 0 Å². The Morgan fingerprint density at radius 2 is 1.86 bits per heavy atom. The lowest BCUT2D eigenvalue weighted by Gasteiger charge is -2.05. The van der Waals surface area contributed by atoms with Gasteiger partial charge in [0.2, 0.25) is 5.16 Å². The summed E-state index contributed by atoms with van der Waals surface area (Å²) in [7, 11) is 0. The minimum absolute atomic E-state index is 0.378. The second kappa shape index (κ2) is 6.43. The fraction of sp³-hybridized carbons (Fsp3) is 0.0769. The van der Waals surface area contributed by atoms with Gasteiger partial charge in [-0.1, -0.05) is 59.2 Å². The first-order chi connectivity index (χ1) is 10.2. The van der Waals surface area contributed by atoms with Crippen molar-refractivity contribution in [3.05, 3.63) is 58.3 Å².